The Kier molecular flexibility index (Phi) is 3.31. The van der Waals surface area contributed by atoms with E-state index in [1.807, 2.05) is 13.0 Å². The van der Waals surface area contributed by atoms with E-state index in [2.05, 4.69) is 16.5 Å². The van der Waals surface area contributed by atoms with Gasteiger partial charge in [-0.1, -0.05) is 22.8 Å². The van der Waals surface area contributed by atoms with Gasteiger partial charge in [0.15, 0.2) is 5.76 Å². The molecule has 2 rings (SSSR count). The average molecular weight is 248 g/mol. The van der Waals surface area contributed by atoms with Crippen molar-refractivity contribution in [3.8, 4) is 6.07 Å². The summed E-state index contributed by atoms with van der Waals surface area (Å²) in [5.74, 6) is 0.714. The molecule has 0 aliphatic heterocycles. The highest BCUT2D eigenvalue weighted by molar-refractivity contribution is 6.32. The van der Waals surface area contributed by atoms with Crippen molar-refractivity contribution in [1.29, 1.82) is 5.26 Å². The van der Waals surface area contributed by atoms with Gasteiger partial charge in [-0.3, -0.25) is 0 Å². The van der Waals surface area contributed by atoms with Crippen LogP contribution in [0.1, 0.15) is 17.0 Å². The molecule has 0 spiro atoms. The molecule has 1 aromatic carbocycles. The lowest BCUT2D eigenvalue weighted by Crippen LogP contribution is -2.00. The number of nitrogens with one attached hydrogen (secondary N) is 1. The molecule has 1 aromatic heterocycles. The Morgan fingerprint density at radius 1 is 1.53 bits per heavy atom. The standard InChI is InChI=1S/C12H10ClN3O/c1-8-5-9(17-16-8)7-15-12-4-2-3-11(13)10(12)6-14/h2-5,15H,7H2,1H3. The Bertz CT molecular complexity index is 571. The van der Waals surface area contributed by atoms with E-state index in [-0.39, 0.29) is 0 Å². The second-order valence-corrected chi connectivity index (χ2v) is 3.97. The minimum atomic E-state index is 0.436. The lowest BCUT2D eigenvalue weighted by molar-refractivity contribution is 0.384. The maximum absolute atomic E-state index is 8.99. The van der Waals surface area contributed by atoms with Crippen molar-refractivity contribution in [2.24, 2.45) is 0 Å². The summed E-state index contributed by atoms with van der Waals surface area (Å²) in [6.45, 7) is 2.32. The fraction of sp³-hybridized carbons (Fsp3) is 0.167. The van der Waals surface area contributed by atoms with E-state index in [4.69, 9.17) is 21.4 Å². The lowest BCUT2D eigenvalue weighted by Gasteiger charge is -2.06. The van der Waals surface area contributed by atoms with E-state index in [9.17, 15) is 0 Å². The zero-order chi connectivity index (χ0) is 12.3. The SMILES string of the molecule is Cc1cc(CNc2cccc(Cl)c2C#N)on1. The Hall–Kier alpha value is -1.99. The second-order valence-electron chi connectivity index (χ2n) is 3.56. The molecule has 0 aliphatic rings. The van der Waals surface area contributed by atoms with Crippen molar-refractivity contribution >= 4 is 17.3 Å². The fourth-order valence-electron chi connectivity index (χ4n) is 1.47. The number of hydrogen-bond donors (Lipinski definition) is 1. The van der Waals surface area contributed by atoms with Gasteiger partial charge in [-0.2, -0.15) is 5.26 Å². The first-order valence-electron chi connectivity index (χ1n) is 5.05. The summed E-state index contributed by atoms with van der Waals surface area (Å²) in [5.41, 5.74) is 1.95. The molecule has 0 atom stereocenters. The molecule has 17 heavy (non-hydrogen) atoms. The zero-order valence-electron chi connectivity index (χ0n) is 9.20. The van der Waals surface area contributed by atoms with E-state index >= 15 is 0 Å². The minimum Gasteiger partial charge on any atom is -0.377 e. The monoisotopic (exact) mass is 247 g/mol. The van der Waals surface area contributed by atoms with Gasteiger partial charge in [0.05, 0.1) is 28.5 Å². The summed E-state index contributed by atoms with van der Waals surface area (Å²) in [6, 6.07) is 9.17. The number of nitriles is 1. The predicted molar refractivity (Wildman–Crippen MR) is 64.7 cm³/mol. The van der Waals surface area contributed by atoms with Crippen molar-refractivity contribution in [3.05, 3.63) is 46.3 Å². The van der Waals surface area contributed by atoms with Crippen LogP contribution in [0.5, 0.6) is 0 Å². The number of benzene rings is 1. The van der Waals surface area contributed by atoms with Crippen LogP contribution in [-0.4, -0.2) is 5.16 Å². The molecule has 2 aromatic rings. The number of hydrogen-bond acceptors (Lipinski definition) is 4. The van der Waals surface area contributed by atoms with Crippen LogP contribution in [0.25, 0.3) is 0 Å². The van der Waals surface area contributed by atoms with Crippen LogP contribution < -0.4 is 5.32 Å². The first-order chi connectivity index (χ1) is 8.20. The van der Waals surface area contributed by atoms with Crippen LogP contribution in [0.3, 0.4) is 0 Å². The summed E-state index contributed by atoms with van der Waals surface area (Å²) < 4.78 is 5.06. The summed E-state index contributed by atoms with van der Waals surface area (Å²) in [7, 11) is 0. The second kappa shape index (κ2) is 4.89. The average Bonchev–Trinajstić information content (AvgIpc) is 2.72. The van der Waals surface area contributed by atoms with Gasteiger partial charge in [0.25, 0.3) is 0 Å². The van der Waals surface area contributed by atoms with Crippen molar-refractivity contribution in [3.63, 3.8) is 0 Å². The molecule has 1 heterocycles. The number of rotatable bonds is 3. The van der Waals surface area contributed by atoms with Gasteiger partial charge in [-0.25, -0.2) is 0 Å². The molecule has 0 aliphatic carbocycles. The molecule has 0 radical (unpaired) electrons. The Morgan fingerprint density at radius 3 is 3.00 bits per heavy atom. The molecule has 4 nitrogen and oxygen atoms in total. The molecule has 0 saturated heterocycles. The third-order valence-electron chi connectivity index (χ3n) is 2.26. The maximum atomic E-state index is 8.99. The van der Waals surface area contributed by atoms with Crippen LogP contribution in [-0.2, 0) is 6.54 Å². The zero-order valence-corrected chi connectivity index (χ0v) is 9.95. The van der Waals surface area contributed by atoms with Crippen molar-refractivity contribution in [2.45, 2.75) is 13.5 Å². The smallest absolute Gasteiger partial charge is 0.156 e. The van der Waals surface area contributed by atoms with Crippen molar-refractivity contribution in [2.75, 3.05) is 5.32 Å². The number of nitrogens with zero attached hydrogens (tertiary/aromatic N) is 2. The fourth-order valence-corrected chi connectivity index (χ4v) is 1.68. The first-order valence-corrected chi connectivity index (χ1v) is 5.43. The molecule has 0 bridgehead atoms. The number of aromatic nitrogens is 1. The summed E-state index contributed by atoms with van der Waals surface area (Å²) in [4.78, 5) is 0. The van der Waals surface area contributed by atoms with Gasteiger partial charge >= 0.3 is 0 Å². The van der Waals surface area contributed by atoms with E-state index in [1.165, 1.54) is 0 Å². The van der Waals surface area contributed by atoms with E-state index in [1.54, 1.807) is 18.2 Å². The molecular formula is C12H10ClN3O. The normalized spacial score (nSPS) is 9.94. The highest BCUT2D eigenvalue weighted by atomic mass is 35.5. The van der Waals surface area contributed by atoms with Crippen LogP contribution in [0.15, 0.2) is 28.8 Å². The lowest BCUT2D eigenvalue weighted by atomic mass is 10.2. The minimum absolute atomic E-state index is 0.436. The van der Waals surface area contributed by atoms with Crippen molar-refractivity contribution in [1.82, 2.24) is 5.16 Å². The summed E-state index contributed by atoms with van der Waals surface area (Å²) in [5, 5.41) is 16.3. The molecular weight excluding hydrogens is 238 g/mol. The highest BCUT2D eigenvalue weighted by Crippen LogP contribution is 2.23. The van der Waals surface area contributed by atoms with E-state index in [0.717, 1.165) is 5.69 Å². The van der Waals surface area contributed by atoms with E-state index < -0.39 is 0 Å². The molecule has 86 valence electrons. The summed E-state index contributed by atoms with van der Waals surface area (Å²) in [6.07, 6.45) is 0. The van der Waals surface area contributed by atoms with Crippen molar-refractivity contribution < 1.29 is 4.52 Å². The van der Waals surface area contributed by atoms with E-state index in [0.29, 0.717) is 28.6 Å². The molecule has 0 amide bonds. The van der Waals surface area contributed by atoms with Crippen LogP contribution in [0.2, 0.25) is 5.02 Å². The van der Waals surface area contributed by atoms with Crippen LogP contribution >= 0.6 is 11.6 Å². The van der Waals surface area contributed by atoms with Crippen LogP contribution in [0.4, 0.5) is 5.69 Å². The highest BCUT2D eigenvalue weighted by Gasteiger charge is 2.07. The molecule has 5 heteroatoms. The largest absolute Gasteiger partial charge is 0.377 e. The van der Waals surface area contributed by atoms with Gasteiger partial charge in [0.1, 0.15) is 6.07 Å². The Morgan fingerprint density at radius 2 is 2.35 bits per heavy atom. The molecule has 0 saturated carbocycles. The number of anilines is 1. The predicted octanol–water partition coefficient (Wildman–Crippen LogP) is 3.12. The molecule has 1 N–H and O–H groups in total. The Labute approximate surface area is 104 Å². The van der Waals surface area contributed by atoms with Gasteiger partial charge < -0.3 is 9.84 Å². The number of halogens is 1. The van der Waals surface area contributed by atoms with Gasteiger partial charge in [-0.05, 0) is 19.1 Å². The Balaban J connectivity index is 2.14. The summed E-state index contributed by atoms with van der Waals surface area (Å²) >= 11 is 5.92. The molecule has 0 unspecified atom stereocenters. The topological polar surface area (TPSA) is 61.9 Å². The maximum Gasteiger partial charge on any atom is 0.156 e. The first kappa shape index (κ1) is 11.5. The van der Waals surface area contributed by atoms with Crippen LogP contribution in [0, 0.1) is 18.3 Å². The third kappa shape index (κ3) is 2.58. The third-order valence-corrected chi connectivity index (χ3v) is 2.57. The van der Waals surface area contributed by atoms with Gasteiger partial charge in [0, 0.05) is 6.07 Å². The number of aryl methyl sites for hydroxylation is 1. The quantitative estimate of drug-likeness (QED) is 0.905. The molecule has 0 fully saturated rings. The van der Waals surface area contributed by atoms with Gasteiger partial charge in [0.2, 0.25) is 0 Å². The van der Waals surface area contributed by atoms with Gasteiger partial charge in [-0.15, -0.1) is 0 Å².